The van der Waals surface area contributed by atoms with Gasteiger partial charge in [-0.05, 0) is 95.6 Å². The number of aliphatic hydroxyl groups is 2. The number of hydrogen-bond acceptors (Lipinski definition) is 4. The summed E-state index contributed by atoms with van der Waals surface area (Å²) in [6, 6.07) is 11.1. The van der Waals surface area contributed by atoms with Gasteiger partial charge in [0.25, 0.3) is 0 Å². The van der Waals surface area contributed by atoms with E-state index < -0.39 is 5.60 Å². The van der Waals surface area contributed by atoms with Crippen molar-refractivity contribution in [2.75, 3.05) is 6.61 Å². The van der Waals surface area contributed by atoms with Crippen molar-refractivity contribution < 1.29 is 15.0 Å². The van der Waals surface area contributed by atoms with Gasteiger partial charge in [-0.1, -0.05) is 61.1 Å². The molecule has 1 heterocycles. The summed E-state index contributed by atoms with van der Waals surface area (Å²) in [5.41, 5.74) is 5.14. The number of nitrogens with zero attached hydrogens (tertiary/aromatic N) is 1. The van der Waals surface area contributed by atoms with Gasteiger partial charge in [0.1, 0.15) is 5.60 Å². The minimum atomic E-state index is -1.07. The maximum Gasteiger partial charge on any atom is 0.155 e. The van der Waals surface area contributed by atoms with Crippen molar-refractivity contribution in [1.82, 2.24) is 4.98 Å². The summed E-state index contributed by atoms with van der Waals surface area (Å²) < 4.78 is 0. The molecule has 0 aliphatic heterocycles. The molecule has 37 heavy (non-hydrogen) atoms. The third kappa shape index (κ3) is 3.15. The predicted octanol–water partition coefficient (Wildman–Crippen LogP) is 5.57. The van der Waals surface area contributed by atoms with E-state index in [0.717, 1.165) is 37.7 Å². The summed E-state index contributed by atoms with van der Waals surface area (Å²) in [7, 11) is 0. The van der Waals surface area contributed by atoms with Crippen LogP contribution in [0.25, 0.3) is 11.1 Å². The van der Waals surface area contributed by atoms with E-state index in [1.807, 2.05) is 36.7 Å². The largest absolute Gasteiger partial charge is 0.392 e. The maximum absolute atomic E-state index is 12.6. The summed E-state index contributed by atoms with van der Waals surface area (Å²) in [4.78, 5) is 16.9. The fourth-order valence-electron chi connectivity index (χ4n) is 9.31. The van der Waals surface area contributed by atoms with Gasteiger partial charge in [0.2, 0.25) is 0 Å². The van der Waals surface area contributed by atoms with Gasteiger partial charge in [0, 0.05) is 24.2 Å². The van der Waals surface area contributed by atoms with Crippen LogP contribution in [0.15, 0.2) is 78.7 Å². The number of rotatable bonds is 3. The number of carbonyl (C=O) groups excluding carboxylic acids is 1. The Morgan fingerprint density at radius 2 is 2.08 bits per heavy atom. The molecule has 190 valence electrons. The highest BCUT2D eigenvalue weighted by Gasteiger charge is 2.66. The summed E-state index contributed by atoms with van der Waals surface area (Å²) in [6.07, 6.45) is 19.0. The number of ketones is 1. The van der Waals surface area contributed by atoms with Crippen molar-refractivity contribution in [3.63, 3.8) is 0 Å². The van der Waals surface area contributed by atoms with E-state index in [1.54, 1.807) is 6.08 Å². The summed E-state index contributed by atoms with van der Waals surface area (Å²) in [5.74, 6) is 1.84. The van der Waals surface area contributed by atoms with Crippen LogP contribution in [0.5, 0.6) is 0 Å². The highest BCUT2D eigenvalue weighted by Crippen LogP contribution is 2.72. The topological polar surface area (TPSA) is 70.4 Å². The fourth-order valence-corrected chi connectivity index (χ4v) is 9.31. The summed E-state index contributed by atoms with van der Waals surface area (Å²) in [5, 5.41) is 21.4. The quantitative estimate of drug-likeness (QED) is 0.549. The molecule has 1 spiro atoms. The average molecular weight is 494 g/mol. The first-order chi connectivity index (χ1) is 17.9. The Kier molecular flexibility index (Phi) is 5.09. The van der Waals surface area contributed by atoms with Crippen LogP contribution >= 0.6 is 0 Å². The molecule has 5 aliphatic carbocycles. The standard InChI is InChI=1S/C33H35NO3/c1-31-19-28-26-7-5-21(22-4-2-14-34-20-22)16-23(26)18-32-12-9-25(36)17-24(32)6-8-27(30(28)32)29(31)10-13-33(31,37)11-3-15-35/h2-5,7,10-11,13-14,16-17,20,27-30,35,37H,6,8-9,12,15,18-19H2,1H3/b11-3-/t27?,28-,29?,30?,31+,32?,33+/m1/s1. The maximum atomic E-state index is 12.6. The van der Waals surface area contributed by atoms with E-state index in [0.29, 0.717) is 24.2 Å². The predicted molar refractivity (Wildman–Crippen MR) is 144 cm³/mol. The first-order valence-electron chi connectivity index (χ1n) is 13.9. The van der Waals surface area contributed by atoms with E-state index in [1.165, 1.54) is 22.3 Å². The zero-order chi connectivity index (χ0) is 25.4. The summed E-state index contributed by atoms with van der Waals surface area (Å²) >= 11 is 0. The second-order valence-electron chi connectivity index (χ2n) is 12.4. The smallest absolute Gasteiger partial charge is 0.155 e. The molecule has 0 radical (unpaired) electrons. The lowest BCUT2D eigenvalue weighted by Crippen LogP contribution is -2.59. The van der Waals surface area contributed by atoms with Crippen LogP contribution < -0.4 is 0 Å². The van der Waals surface area contributed by atoms with Crippen LogP contribution in [0.2, 0.25) is 0 Å². The van der Waals surface area contributed by atoms with Crippen LogP contribution in [0, 0.1) is 28.6 Å². The minimum absolute atomic E-state index is 0.0267. The molecule has 1 aromatic heterocycles. The molecule has 7 atom stereocenters. The number of carbonyl (C=O) groups is 1. The highest BCUT2D eigenvalue weighted by atomic mass is 16.3. The number of pyridine rings is 1. The molecule has 2 saturated carbocycles. The van der Waals surface area contributed by atoms with Gasteiger partial charge in [-0.25, -0.2) is 0 Å². The first kappa shape index (κ1) is 23.3. The highest BCUT2D eigenvalue weighted by molar-refractivity contribution is 5.91. The molecule has 4 nitrogen and oxygen atoms in total. The lowest BCUT2D eigenvalue weighted by atomic mass is 9.39. The van der Waals surface area contributed by atoms with Crippen molar-refractivity contribution in [2.24, 2.45) is 28.6 Å². The molecule has 0 bridgehead atoms. The molecule has 2 aromatic rings. The van der Waals surface area contributed by atoms with Crippen LogP contribution in [0.3, 0.4) is 0 Å². The van der Waals surface area contributed by atoms with Crippen LogP contribution in [0.4, 0.5) is 0 Å². The zero-order valence-electron chi connectivity index (χ0n) is 21.4. The fraction of sp³-hybridized carbons (Fsp3) is 0.455. The molecule has 1 aromatic carbocycles. The number of fused-ring (bicyclic) bond motifs is 4. The SMILES string of the molecule is C[C@]12C[C@@H]3c4ccc(-c5cccnc5)cc4CC45CCC(=O)C=C4CCC(C35)C1C=C[C@@]2(O)/C=C\CO. The van der Waals surface area contributed by atoms with Crippen molar-refractivity contribution in [2.45, 2.75) is 57.0 Å². The number of hydrogen-bond donors (Lipinski definition) is 2. The second-order valence-corrected chi connectivity index (χ2v) is 12.4. The molecule has 0 amide bonds. The number of aliphatic hydroxyl groups excluding tert-OH is 1. The lowest BCUT2D eigenvalue weighted by molar-refractivity contribution is -0.123. The minimum Gasteiger partial charge on any atom is -0.392 e. The molecule has 2 N–H and O–H groups in total. The Hall–Kier alpha value is -2.82. The van der Waals surface area contributed by atoms with E-state index in [9.17, 15) is 15.0 Å². The molecule has 7 rings (SSSR count). The Balaban J connectivity index is 1.40. The molecule has 5 aliphatic rings. The van der Waals surface area contributed by atoms with E-state index >= 15 is 0 Å². The van der Waals surface area contributed by atoms with E-state index in [2.05, 4.69) is 42.2 Å². The first-order valence-corrected chi connectivity index (χ1v) is 13.9. The normalized spacial score (nSPS) is 39.5. The Bertz CT molecular complexity index is 1360. The van der Waals surface area contributed by atoms with Gasteiger partial charge in [-0.3, -0.25) is 9.78 Å². The molecule has 0 saturated heterocycles. The number of benzene rings is 1. The lowest BCUT2D eigenvalue weighted by Gasteiger charge is -2.64. The second kappa shape index (κ2) is 8.09. The van der Waals surface area contributed by atoms with Crippen molar-refractivity contribution in [3.05, 3.63) is 89.8 Å². The summed E-state index contributed by atoms with van der Waals surface area (Å²) in [6.45, 7) is 2.19. The van der Waals surface area contributed by atoms with Crippen molar-refractivity contribution in [1.29, 1.82) is 0 Å². The Labute approximate surface area is 218 Å². The van der Waals surface area contributed by atoms with Crippen LogP contribution in [-0.4, -0.2) is 33.2 Å². The molecular formula is C33H35NO3. The number of allylic oxidation sites excluding steroid dienone is 3. The third-order valence-corrected chi connectivity index (χ3v) is 10.9. The molecule has 4 unspecified atom stereocenters. The molecule has 4 heteroatoms. The van der Waals surface area contributed by atoms with E-state index in [-0.39, 0.29) is 29.1 Å². The van der Waals surface area contributed by atoms with Gasteiger partial charge < -0.3 is 10.2 Å². The Morgan fingerprint density at radius 1 is 1.19 bits per heavy atom. The van der Waals surface area contributed by atoms with Crippen LogP contribution in [-0.2, 0) is 11.2 Å². The van der Waals surface area contributed by atoms with Crippen molar-refractivity contribution in [3.8, 4) is 11.1 Å². The average Bonchev–Trinajstić information content (AvgIpc) is 3.18. The Morgan fingerprint density at radius 3 is 2.89 bits per heavy atom. The molecule has 2 fully saturated rings. The van der Waals surface area contributed by atoms with Gasteiger partial charge in [-0.2, -0.15) is 0 Å². The van der Waals surface area contributed by atoms with Crippen molar-refractivity contribution >= 4 is 5.78 Å². The van der Waals surface area contributed by atoms with Gasteiger partial charge in [0.15, 0.2) is 5.78 Å². The van der Waals surface area contributed by atoms with Crippen LogP contribution in [0.1, 0.15) is 56.1 Å². The van der Waals surface area contributed by atoms with Gasteiger partial charge in [-0.15, -0.1) is 0 Å². The third-order valence-electron chi connectivity index (χ3n) is 10.9. The molecular weight excluding hydrogens is 458 g/mol. The van der Waals surface area contributed by atoms with E-state index in [4.69, 9.17) is 0 Å². The zero-order valence-corrected chi connectivity index (χ0v) is 21.4. The van der Waals surface area contributed by atoms with Gasteiger partial charge in [0.05, 0.1) is 6.61 Å². The number of aromatic nitrogens is 1. The monoisotopic (exact) mass is 493 g/mol. The van der Waals surface area contributed by atoms with Gasteiger partial charge >= 0.3 is 0 Å².